The number of phenolic OH excluding ortho intramolecular Hbond substituents is 1. The predicted molar refractivity (Wildman–Crippen MR) is 76.3 cm³/mol. The van der Waals surface area contributed by atoms with Gasteiger partial charge in [0.2, 0.25) is 0 Å². The van der Waals surface area contributed by atoms with E-state index in [1.54, 1.807) is 18.2 Å². The minimum absolute atomic E-state index is 0.198. The Labute approximate surface area is 116 Å². The third-order valence-corrected chi connectivity index (χ3v) is 3.45. The highest BCUT2D eigenvalue weighted by molar-refractivity contribution is 5.76. The van der Waals surface area contributed by atoms with Gasteiger partial charge in [0.25, 0.3) is 0 Å². The number of rotatable bonds is 1. The molecule has 1 heterocycles. The lowest BCUT2D eigenvalue weighted by Crippen LogP contribution is -2.21. The molecule has 1 aliphatic rings. The van der Waals surface area contributed by atoms with Gasteiger partial charge in [-0.25, -0.2) is 4.39 Å². The smallest absolute Gasteiger partial charge is 0.141 e. The van der Waals surface area contributed by atoms with Crippen LogP contribution < -0.4 is 10.6 Å². The lowest BCUT2D eigenvalue weighted by Gasteiger charge is -2.06. The Morgan fingerprint density at radius 2 is 2.00 bits per heavy atom. The molecule has 1 aliphatic carbocycles. The summed E-state index contributed by atoms with van der Waals surface area (Å²) in [5.41, 5.74) is 3.15. The fourth-order valence-corrected chi connectivity index (χ4v) is 2.53. The van der Waals surface area contributed by atoms with Gasteiger partial charge in [0.1, 0.15) is 22.8 Å². The molecule has 0 atom stereocenters. The molecule has 0 fully saturated rings. The molecular formula is C17H15FO2. The molecule has 0 saturated heterocycles. The van der Waals surface area contributed by atoms with Crippen LogP contribution in [0.3, 0.4) is 0 Å². The van der Waals surface area contributed by atoms with Gasteiger partial charge in [-0.15, -0.1) is 0 Å². The van der Waals surface area contributed by atoms with Crippen molar-refractivity contribution in [1.29, 1.82) is 0 Å². The Bertz CT molecular complexity index is 825. The molecule has 1 N–H and O–H groups in total. The molecule has 0 bridgehead atoms. The van der Waals surface area contributed by atoms with Crippen LogP contribution in [0.25, 0.3) is 11.6 Å². The molecule has 102 valence electrons. The highest BCUT2D eigenvalue weighted by Gasteiger charge is 2.12. The average molecular weight is 270 g/mol. The van der Waals surface area contributed by atoms with Crippen LogP contribution in [0, 0.1) is 13.8 Å². The second kappa shape index (κ2) is 4.67. The Hall–Kier alpha value is -2.29. The van der Waals surface area contributed by atoms with Crippen molar-refractivity contribution < 1.29 is 13.9 Å². The van der Waals surface area contributed by atoms with Crippen LogP contribution in [0.1, 0.15) is 23.3 Å². The molecule has 2 aromatic rings. The first kappa shape index (κ1) is 12.7. The zero-order valence-electron chi connectivity index (χ0n) is 11.4. The van der Waals surface area contributed by atoms with Gasteiger partial charge in [-0.3, -0.25) is 0 Å². The van der Waals surface area contributed by atoms with Crippen molar-refractivity contribution in [2.45, 2.75) is 20.3 Å². The molecule has 1 aromatic carbocycles. The Kier molecular flexibility index (Phi) is 2.97. The zero-order valence-corrected chi connectivity index (χ0v) is 11.4. The van der Waals surface area contributed by atoms with E-state index in [1.165, 1.54) is 6.08 Å². The van der Waals surface area contributed by atoms with Gasteiger partial charge in [-0.05, 0) is 49.2 Å². The summed E-state index contributed by atoms with van der Waals surface area (Å²) in [4.78, 5) is 0. The first-order chi connectivity index (χ1) is 9.54. The van der Waals surface area contributed by atoms with E-state index in [1.807, 2.05) is 26.0 Å². The fraction of sp³-hybridized carbons (Fsp3) is 0.176. The van der Waals surface area contributed by atoms with Crippen LogP contribution in [0.15, 0.2) is 40.6 Å². The van der Waals surface area contributed by atoms with E-state index in [0.717, 1.165) is 27.7 Å². The third kappa shape index (κ3) is 2.16. The minimum atomic E-state index is -0.198. The quantitative estimate of drug-likeness (QED) is 0.864. The van der Waals surface area contributed by atoms with E-state index in [2.05, 4.69) is 0 Å². The number of aromatic hydroxyl groups is 1. The molecule has 0 amide bonds. The molecule has 3 rings (SSSR count). The molecule has 0 unspecified atom stereocenters. The lowest BCUT2D eigenvalue weighted by molar-refractivity contribution is 0.474. The fourth-order valence-electron chi connectivity index (χ4n) is 2.53. The van der Waals surface area contributed by atoms with E-state index in [0.29, 0.717) is 5.42 Å². The Balaban J connectivity index is 2.39. The number of furan rings is 1. The van der Waals surface area contributed by atoms with Crippen molar-refractivity contribution in [3.63, 3.8) is 0 Å². The molecule has 2 nitrogen and oxygen atoms in total. The predicted octanol–water partition coefficient (Wildman–Crippen LogP) is 2.84. The topological polar surface area (TPSA) is 33.4 Å². The summed E-state index contributed by atoms with van der Waals surface area (Å²) in [6.07, 6.45) is 3.62. The minimum Gasteiger partial charge on any atom is -0.508 e. The average Bonchev–Trinajstić information content (AvgIpc) is 2.68. The van der Waals surface area contributed by atoms with Crippen LogP contribution in [-0.4, -0.2) is 5.11 Å². The summed E-state index contributed by atoms with van der Waals surface area (Å²) in [5.74, 6) is 0.805. The molecule has 0 aliphatic heterocycles. The number of halogens is 1. The van der Waals surface area contributed by atoms with E-state index in [4.69, 9.17) is 4.42 Å². The Morgan fingerprint density at radius 1 is 1.20 bits per heavy atom. The van der Waals surface area contributed by atoms with E-state index < -0.39 is 0 Å². The van der Waals surface area contributed by atoms with Gasteiger partial charge < -0.3 is 9.52 Å². The SMILES string of the molecule is Cc1cc2c(o1)=C(c1ccc(O)cc1C)C=C(F)CC=2. The number of fused-ring (bicyclic) bond motifs is 1. The summed E-state index contributed by atoms with van der Waals surface area (Å²) < 4.78 is 19.6. The molecule has 1 aromatic heterocycles. The maximum atomic E-state index is 13.9. The van der Waals surface area contributed by atoms with Crippen LogP contribution in [-0.2, 0) is 0 Å². The van der Waals surface area contributed by atoms with Gasteiger partial charge in [-0.1, -0.05) is 12.1 Å². The Morgan fingerprint density at radius 3 is 2.75 bits per heavy atom. The monoisotopic (exact) mass is 270 g/mol. The number of hydrogen-bond donors (Lipinski definition) is 1. The number of aryl methyl sites for hydroxylation is 2. The lowest BCUT2D eigenvalue weighted by atomic mass is 9.99. The molecule has 0 saturated carbocycles. The maximum absolute atomic E-state index is 13.9. The van der Waals surface area contributed by atoms with Crippen LogP contribution in [0.2, 0.25) is 0 Å². The van der Waals surface area contributed by atoms with Crippen molar-refractivity contribution in [1.82, 2.24) is 0 Å². The second-order valence-electron chi connectivity index (χ2n) is 5.05. The van der Waals surface area contributed by atoms with Crippen LogP contribution in [0.5, 0.6) is 5.75 Å². The summed E-state index contributed by atoms with van der Waals surface area (Å²) in [7, 11) is 0. The zero-order chi connectivity index (χ0) is 14.3. The van der Waals surface area contributed by atoms with Gasteiger partial charge in [0.05, 0.1) is 0 Å². The number of allylic oxidation sites excluding steroid dienone is 2. The summed E-state index contributed by atoms with van der Waals surface area (Å²) in [5, 5.41) is 10.4. The molecular weight excluding hydrogens is 255 g/mol. The number of benzene rings is 1. The van der Waals surface area contributed by atoms with Gasteiger partial charge in [0, 0.05) is 17.2 Å². The highest BCUT2D eigenvalue weighted by atomic mass is 19.1. The van der Waals surface area contributed by atoms with Crippen molar-refractivity contribution in [2.24, 2.45) is 0 Å². The molecule has 20 heavy (non-hydrogen) atoms. The highest BCUT2D eigenvalue weighted by Crippen LogP contribution is 2.24. The summed E-state index contributed by atoms with van der Waals surface area (Å²) >= 11 is 0. The van der Waals surface area contributed by atoms with Crippen LogP contribution in [0.4, 0.5) is 4.39 Å². The number of hydrogen-bond acceptors (Lipinski definition) is 2. The van der Waals surface area contributed by atoms with Gasteiger partial charge in [-0.2, -0.15) is 0 Å². The van der Waals surface area contributed by atoms with Crippen molar-refractivity contribution >= 4 is 11.6 Å². The van der Waals surface area contributed by atoms with Crippen molar-refractivity contribution in [3.05, 3.63) is 63.7 Å². The summed E-state index contributed by atoms with van der Waals surface area (Å²) in [6.45, 7) is 3.77. The molecule has 0 spiro atoms. The van der Waals surface area contributed by atoms with E-state index in [-0.39, 0.29) is 18.0 Å². The first-order valence-electron chi connectivity index (χ1n) is 6.51. The standard InChI is InChI=1S/C17H15FO2/c1-10-7-14(19)5-6-15(10)16-9-13(18)4-3-12-8-11(2)20-17(12)16/h3,5-9,19H,4H2,1-2H3. The molecule has 0 radical (unpaired) electrons. The second-order valence-corrected chi connectivity index (χ2v) is 5.05. The first-order valence-corrected chi connectivity index (χ1v) is 6.51. The summed E-state index contributed by atoms with van der Waals surface area (Å²) in [6, 6.07) is 6.97. The van der Waals surface area contributed by atoms with E-state index >= 15 is 0 Å². The van der Waals surface area contributed by atoms with E-state index in [9.17, 15) is 9.50 Å². The number of phenols is 1. The van der Waals surface area contributed by atoms with Crippen LogP contribution >= 0.6 is 0 Å². The largest absolute Gasteiger partial charge is 0.508 e. The third-order valence-electron chi connectivity index (χ3n) is 3.45. The molecule has 3 heteroatoms. The maximum Gasteiger partial charge on any atom is 0.141 e. The van der Waals surface area contributed by atoms with Gasteiger partial charge in [0.15, 0.2) is 0 Å². The van der Waals surface area contributed by atoms with Crippen molar-refractivity contribution in [2.75, 3.05) is 0 Å². The van der Waals surface area contributed by atoms with Gasteiger partial charge >= 0.3 is 0 Å². The van der Waals surface area contributed by atoms with Crippen molar-refractivity contribution in [3.8, 4) is 5.75 Å². The normalized spacial score (nSPS) is 14.3.